The summed E-state index contributed by atoms with van der Waals surface area (Å²) in [4.78, 5) is 24.0. The lowest BCUT2D eigenvalue weighted by Gasteiger charge is -2.48. The van der Waals surface area contributed by atoms with Crippen molar-refractivity contribution in [3.05, 3.63) is 21.8 Å². The van der Waals surface area contributed by atoms with Crippen LogP contribution in [0.5, 0.6) is 0 Å². The smallest absolute Gasteiger partial charge is 0.230 e. The first-order chi connectivity index (χ1) is 8.71. The molecule has 0 aromatic heterocycles. The van der Waals surface area contributed by atoms with Gasteiger partial charge in [0.25, 0.3) is 0 Å². The Bertz CT molecular complexity index is 460. The van der Waals surface area contributed by atoms with Gasteiger partial charge in [-0.1, -0.05) is 32.1 Å². The van der Waals surface area contributed by atoms with Crippen molar-refractivity contribution < 1.29 is 9.59 Å². The molecule has 0 heterocycles. The molecule has 0 radical (unpaired) electrons. The quantitative estimate of drug-likeness (QED) is 0.698. The van der Waals surface area contributed by atoms with Crippen LogP contribution in [0.4, 0.5) is 0 Å². The molecule has 0 aliphatic heterocycles. The molecule has 4 nitrogen and oxygen atoms in total. The van der Waals surface area contributed by atoms with Crippen LogP contribution in [-0.4, -0.2) is 23.8 Å². The van der Waals surface area contributed by atoms with Gasteiger partial charge in [-0.05, 0) is 40.0 Å². The van der Waals surface area contributed by atoms with Crippen LogP contribution in [0.15, 0.2) is 21.8 Å². The summed E-state index contributed by atoms with van der Waals surface area (Å²) in [5.41, 5.74) is 9.65. The van der Waals surface area contributed by atoms with E-state index in [9.17, 15) is 9.59 Å². The van der Waals surface area contributed by atoms with Crippen molar-refractivity contribution >= 4 is 46.2 Å². The second-order valence-corrected chi connectivity index (χ2v) is 7.30. The second-order valence-electron chi connectivity index (χ2n) is 5.27. The largest absolute Gasteiger partial charge is 0.369 e. The summed E-state index contributed by atoms with van der Waals surface area (Å²) in [5.74, 6) is -1.02. The van der Waals surface area contributed by atoms with Gasteiger partial charge in [0.1, 0.15) is 5.41 Å². The van der Waals surface area contributed by atoms with Crippen LogP contribution >= 0.6 is 34.4 Å². The van der Waals surface area contributed by atoms with Gasteiger partial charge in [-0.25, -0.2) is 0 Å². The van der Waals surface area contributed by atoms with Gasteiger partial charge in [0.15, 0.2) is 0 Å². The number of rotatable bonds is 5. The van der Waals surface area contributed by atoms with Crippen molar-refractivity contribution in [2.75, 3.05) is 12.0 Å². The number of primary amides is 2. The summed E-state index contributed by atoms with van der Waals surface area (Å²) in [7, 11) is 0. The van der Waals surface area contributed by atoms with E-state index in [4.69, 9.17) is 11.5 Å². The summed E-state index contributed by atoms with van der Waals surface area (Å²) in [6.45, 7) is 3.91. The molecule has 19 heavy (non-hydrogen) atoms. The van der Waals surface area contributed by atoms with Crippen molar-refractivity contribution in [1.29, 1.82) is 0 Å². The highest BCUT2D eigenvalue weighted by Gasteiger charge is 2.58. The van der Waals surface area contributed by atoms with Gasteiger partial charge in [0.2, 0.25) is 11.8 Å². The zero-order valence-corrected chi connectivity index (χ0v) is 14.2. The number of halogens is 1. The van der Waals surface area contributed by atoms with Crippen molar-refractivity contribution in [2.24, 2.45) is 28.2 Å². The molecule has 2 atom stereocenters. The lowest BCUT2D eigenvalue weighted by molar-refractivity contribution is -0.140. The SMILES string of the molecule is CSCC(C)(C)C1(C(N)=O)C(I)=CC=CC1C(N)=O. The molecule has 0 saturated heterocycles. The highest BCUT2D eigenvalue weighted by Crippen LogP contribution is 2.55. The Labute approximate surface area is 131 Å². The van der Waals surface area contributed by atoms with E-state index in [1.807, 2.05) is 26.2 Å². The molecule has 1 aliphatic carbocycles. The predicted molar refractivity (Wildman–Crippen MR) is 87.7 cm³/mol. The van der Waals surface area contributed by atoms with E-state index < -0.39 is 28.6 Å². The van der Waals surface area contributed by atoms with Gasteiger partial charge in [0.05, 0.1) is 5.92 Å². The second kappa shape index (κ2) is 5.87. The van der Waals surface area contributed by atoms with E-state index >= 15 is 0 Å². The molecule has 0 aromatic carbocycles. The zero-order valence-electron chi connectivity index (χ0n) is 11.3. The zero-order chi connectivity index (χ0) is 14.8. The average molecular weight is 394 g/mol. The third-order valence-electron chi connectivity index (χ3n) is 3.66. The van der Waals surface area contributed by atoms with Crippen LogP contribution in [0, 0.1) is 16.7 Å². The molecule has 0 aromatic rings. The fraction of sp³-hybridized carbons (Fsp3) is 0.538. The topological polar surface area (TPSA) is 86.2 Å². The van der Waals surface area contributed by atoms with Crippen molar-refractivity contribution in [3.63, 3.8) is 0 Å². The number of hydrogen-bond donors (Lipinski definition) is 2. The summed E-state index contributed by atoms with van der Waals surface area (Å²) in [5, 5.41) is 0. The summed E-state index contributed by atoms with van der Waals surface area (Å²) >= 11 is 3.71. The van der Waals surface area contributed by atoms with Crippen molar-refractivity contribution in [3.8, 4) is 0 Å². The molecular formula is C13H19IN2O2S. The Morgan fingerprint density at radius 3 is 2.47 bits per heavy atom. The van der Waals surface area contributed by atoms with Gasteiger partial charge in [-0.15, -0.1) is 0 Å². The van der Waals surface area contributed by atoms with Crippen LogP contribution in [-0.2, 0) is 9.59 Å². The fourth-order valence-electron chi connectivity index (χ4n) is 2.81. The predicted octanol–water partition coefficient (Wildman–Crippen LogP) is 1.84. The number of amides is 2. The molecule has 0 fully saturated rings. The lowest BCUT2D eigenvalue weighted by Crippen LogP contribution is -2.57. The monoisotopic (exact) mass is 394 g/mol. The van der Waals surface area contributed by atoms with E-state index in [0.29, 0.717) is 5.75 Å². The highest BCUT2D eigenvalue weighted by atomic mass is 127. The highest BCUT2D eigenvalue weighted by molar-refractivity contribution is 14.1. The van der Waals surface area contributed by atoms with E-state index in [2.05, 4.69) is 22.6 Å². The minimum absolute atomic E-state index is 0.476. The Morgan fingerprint density at radius 2 is 2.05 bits per heavy atom. The van der Waals surface area contributed by atoms with Crippen LogP contribution in [0.1, 0.15) is 13.8 Å². The first-order valence-electron chi connectivity index (χ1n) is 5.84. The van der Waals surface area contributed by atoms with Gasteiger partial charge in [-0.2, -0.15) is 11.8 Å². The minimum atomic E-state index is -1.07. The van der Waals surface area contributed by atoms with Crippen LogP contribution < -0.4 is 11.5 Å². The molecule has 0 bridgehead atoms. The third kappa shape index (κ3) is 2.56. The van der Waals surface area contributed by atoms with Crippen molar-refractivity contribution in [2.45, 2.75) is 13.8 Å². The number of allylic oxidation sites excluding steroid dienone is 2. The molecule has 1 rings (SSSR count). The molecule has 0 spiro atoms. The number of thioether (sulfide) groups is 1. The van der Waals surface area contributed by atoms with Crippen LogP contribution in [0.3, 0.4) is 0 Å². The molecule has 1 aliphatic rings. The van der Waals surface area contributed by atoms with Crippen LogP contribution in [0.25, 0.3) is 0 Å². The van der Waals surface area contributed by atoms with Gasteiger partial charge >= 0.3 is 0 Å². The first kappa shape index (κ1) is 16.6. The molecule has 2 unspecified atom stereocenters. The van der Waals surface area contributed by atoms with E-state index in [-0.39, 0.29) is 0 Å². The number of carbonyl (C=O) groups excluding carboxylic acids is 2. The maximum absolute atomic E-state index is 12.2. The Hall–Kier alpha value is -0.500. The van der Waals surface area contributed by atoms with E-state index in [0.717, 1.165) is 3.58 Å². The third-order valence-corrected chi connectivity index (χ3v) is 5.88. The average Bonchev–Trinajstić information content (AvgIpc) is 2.27. The molecule has 2 amide bonds. The van der Waals surface area contributed by atoms with Gasteiger partial charge < -0.3 is 11.5 Å². The van der Waals surface area contributed by atoms with Gasteiger partial charge in [-0.3, -0.25) is 9.59 Å². The molecule has 4 N–H and O–H groups in total. The van der Waals surface area contributed by atoms with E-state index in [1.54, 1.807) is 23.9 Å². The fourth-order valence-corrected chi connectivity index (χ4v) is 5.30. The molecule has 6 heteroatoms. The molecule has 0 saturated carbocycles. The number of hydrogen-bond acceptors (Lipinski definition) is 3. The number of nitrogens with two attached hydrogens (primary N) is 2. The van der Waals surface area contributed by atoms with E-state index in [1.165, 1.54) is 0 Å². The number of carbonyl (C=O) groups is 2. The molecular weight excluding hydrogens is 375 g/mol. The van der Waals surface area contributed by atoms with Gasteiger partial charge in [0, 0.05) is 3.58 Å². The summed E-state index contributed by atoms with van der Waals surface area (Å²) < 4.78 is 0.767. The minimum Gasteiger partial charge on any atom is -0.369 e. The summed E-state index contributed by atoms with van der Waals surface area (Å²) in [6, 6.07) is 0. The normalized spacial score (nSPS) is 26.9. The maximum Gasteiger partial charge on any atom is 0.230 e. The standard InChI is InChI=1S/C13H19IN2O2S/c1-12(2,7-19-3)13(11(16)18)8(10(15)17)5-4-6-9(13)14/h4-6,8H,7H2,1-3H3,(H2,15,17)(H2,16,18). The van der Waals surface area contributed by atoms with Crippen molar-refractivity contribution in [1.82, 2.24) is 0 Å². The first-order valence-corrected chi connectivity index (χ1v) is 8.31. The summed E-state index contributed by atoms with van der Waals surface area (Å²) in [6.07, 6.45) is 7.22. The molecule has 106 valence electrons. The van der Waals surface area contributed by atoms with Crippen LogP contribution in [0.2, 0.25) is 0 Å². The Kier molecular flexibility index (Phi) is 5.11. The maximum atomic E-state index is 12.2. The lowest BCUT2D eigenvalue weighted by atomic mass is 9.57. The Morgan fingerprint density at radius 1 is 1.47 bits per heavy atom. The Balaban J connectivity index is 3.53.